The van der Waals surface area contributed by atoms with Crippen LogP contribution in [0, 0.1) is 0 Å². The highest BCUT2D eigenvalue weighted by molar-refractivity contribution is 5.70. The molecule has 0 aliphatic heterocycles. The Labute approximate surface area is 113 Å². The molecular formula is C15H19N3O. The lowest BCUT2D eigenvalue weighted by Crippen LogP contribution is -2.25. The van der Waals surface area contributed by atoms with Crippen molar-refractivity contribution in [2.45, 2.75) is 44.4 Å². The zero-order valence-electron chi connectivity index (χ0n) is 11.2. The molecule has 1 aliphatic carbocycles. The fourth-order valence-corrected chi connectivity index (χ4v) is 2.82. The van der Waals surface area contributed by atoms with Crippen LogP contribution in [0.3, 0.4) is 0 Å². The van der Waals surface area contributed by atoms with Gasteiger partial charge in [0.05, 0.1) is 0 Å². The SMILES string of the molecule is CC1(c2nc(-c3ccccc3N)no2)CCCCC1. The van der Waals surface area contributed by atoms with E-state index in [1.807, 2.05) is 24.3 Å². The molecule has 1 aromatic heterocycles. The maximum atomic E-state index is 5.95. The molecule has 0 amide bonds. The fraction of sp³-hybridized carbons (Fsp3) is 0.467. The molecule has 100 valence electrons. The van der Waals surface area contributed by atoms with Crippen molar-refractivity contribution in [1.82, 2.24) is 10.1 Å². The molecular weight excluding hydrogens is 238 g/mol. The van der Waals surface area contributed by atoms with Crippen LogP contribution >= 0.6 is 0 Å². The second kappa shape index (κ2) is 4.68. The van der Waals surface area contributed by atoms with Gasteiger partial charge in [-0.3, -0.25) is 0 Å². The zero-order chi connectivity index (χ0) is 13.3. The number of nitrogens with zero attached hydrogens (tertiary/aromatic N) is 2. The van der Waals surface area contributed by atoms with Gasteiger partial charge in [-0.05, 0) is 25.0 Å². The number of aromatic nitrogens is 2. The Bertz CT molecular complexity index is 570. The van der Waals surface area contributed by atoms with E-state index in [1.54, 1.807) is 0 Å². The van der Waals surface area contributed by atoms with E-state index in [0.717, 1.165) is 24.3 Å². The van der Waals surface area contributed by atoms with Gasteiger partial charge in [0, 0.05) is 16.7 Å². The molecule has 19 heavy (non-hydrogen) atoms. The largest absolute Gasteiger partial charge is 0.398 e. The first-order valence-electron chi connectivity index (χ1n) is 6.88. The van der Waals surface area contributed by atoms with E-state index in [0.29, 0.717) is 11.5 Å². The minimum atomic E-state index is 0.0348. The average Bonchev–Trinajstić information content (AvgIpc) is 2.90. The normalized spacial score (nSPS) is 18.4. The van der Waals surface area contributed by atoms with Crippen LogP contribution in [-0.4, -0.2) is 10.1 Å². The van der Waals surface area contributed by atoms with Crippen LogP contribution in [0.25, 0.3) is 11.4 Å². The van der Waals surface area contributed by atoms with Crippen molar-refractivity contribution >= 4 is 5.69 Å². The van der Waals surface area contributed by atoms with Crippen LogP contribution < -0.4 is 5.73 Å². The Kier molecular flexibility index (Phi) is 3.01. The summed E-state index contributed by atoms with van der Waals surface area (Å²) in [7, 11) is 0. The van der Waals surface area contributed by atoms with Crippen LogP contribution in [0.4, 0.5) is 5.69 Å². The van der Waals surface area contributed by atoms with Gasteiger partial charge < -0.3 is 10.3 Å². The predicted octanol–water partition coefficient (Wildman–Crippen LogP) is 3.54. The van der Waals surface area contributed by atoms with E-state index < -0.39 is 0 Å². The Morgan fingerprint density at radius 2 is 1.89 bits per heavy atom. The van der Waals surface area contributed by atoms with Gasteiger partial charge in [0.15, 0.2) is 0 Å². The minimum Gasteiger partial charge on any atom is -0.398 e. The lowest BCUT2D eigenvalue weighted by molar-refractivity contribution is 0.232. The zero-order valence-corrected chi connectivity index (χ0v) is 11.2. The maximum absolute atomic E-state index is 5.95. The van der Waals surface area contributed by atoms with E-state index in [-0.39, 0.29) is 5.41 Å². The van der Waals surface area contributed by atoms with Crippen molar-refractivity contribution in [3.8, 4) is 11.4 Å². The highest BCUT2D eigenvalue weighted by atomic mass is 16.5. The summed E-state index contributed by atoms with van der Waals surface area (Å²) in [5, 5.41) is 4.10. The average molecular weight is 257 g/mol. The number of nitrogen functional groups attached to an aromatic ring is 1. The van der Waals surface area contributed by atoms with Crippen molar-refractivity contribution in [2.75, 3.05) is 5.73 Å². The Morgan fingerprint density at radius 1 is 1.16 bits per heavy atom. The predicted molar refractivity (Wildman–Crippen MR) is 74.6 cm³/mol. The van der Waals surface area contributed by atoms with Crippen molar-refractivity contribution < 1.29 is 4.52 Å². The molecule has 4 heteroatoms. The van der Waals surface area contributed by atoms with E-state index in [4.69, 9.17) is 10.3 Å². The molecule has 1 aromatic carbocycles. The third kappa shape index (κ3) is 2.23. The number of benzene rings is 1. The molecule has 0 spiro atoms. The van der Waals surface area contributed by atoms with Crippen molar-refractivity contribution in [2.24, 2.45) is 0 Å². The molecule has 4 nitrogen and oxygen atoms in total. The number of para-hydroxylation sites is 1. The summed E-state index contributed by atoms with van der Waals surface area (Å²) < 4.78 is 5.50. The quantitative estimate of drug-likeness (QED) is 0.836. The highest BCUT2D eigenvalue weighted by Gasteiger charge is 2.34. The Morgan fingerprint density at radius 3 is 2.63 bits per heavy atom. The number of hydrogen-bond acceptors (Lipinski definition) is 4. The second-order valence-electron chi connectivity index (χ2n) is 5.63. The minimum absolute atomic E-state index is 0.0348. The second-order valence-corrected chi connectivity index (χ2v) is 5.63. The number of anilines is 1. The number of hydrogen-bond donors (Lipinski definition) is 1. The summed E-state index contributed by atoms with van der Waals surface area (Å²) in [6, 6.07) is 7.62. The van der Waals surface area contributed by atoms with E-state index in [2.05, 4.69) is 17.1 Å². The number of nitrogens with two attached hydrogens (primary N) is 1. The van der Waals surface area contributed by atoms with Gasteiger partial charge in [0.1, 0.15) is 0 Å². The Hall–Kier alpha value is -1.84. The van der Waals surface area contributed by atoms with Crippen LogP contribution in [0.1, 0.15) is 44.9 Å². The summed E-state index contributed by atoms with van der Waals surface area (Å²) in [5.41, 5.74) is 7.51. The van der Waals surface area contributed by atoms with Crippen molar-refractivity contribution in [3.63, 3.8) is 0 Å². The number of rotatable bonds is 2. The van der Waals surface area contributed by atoms with Gasteiger partial charge >= 0.3 is 0 Å². The van der Waals surface area contributed by atoms with Crippen molar-refractivity contribution in [1.29, 1.82) is 0 Å². The maximum Gasteiger partial charge on any atom is 0.232 e. The molecule has 0 saturated heterocycles. The molecule has 3 rings (SSSR count). The lowest BCUT2D eigenvalue weighted by Gasteiger charge is -2.29. The summed E-state index contributed by atoms with van der Waals surface area (Å²) in [6.45, 7) is 2.22. The molecule has 0 atom stereocenters. The van der Waals surface area contributed by atoms with E-state index in [9.17, 15) is 0 Å². The van der Waals surface area contributed by atoms with Crippen LogP contribution in [-0.2, 0) is 5.41 Å². The lowest BCUT2D eigenvalue weighted by atomic mass is 9.75. The summed E-state index contributed by atoms with van der Waals surface area (Å²) in [5.74, 6) is 1.35. The smallest absolute Gasteiger partial charge is 0.232 e. The van der Waals surface area contributed by atoms with Gasteiger partial charge in [-0.25, -0.2) is 0 Å². The van der Waals surface area contributed by atoms with Gasteiger partial charge in [-0.1, -0.05) is 43.5 Å². The summed E-state index contributed by atoms with van der Waals surface area (Å²) in [4.78, 5) is 4.58. The molecule has 0 unspecified atom stereocenters. The van der Waals surface area contributed by atoms with Gasteiger partial charge in [-0.15, -0.1) is 0 Å². The van der Waals surface area contributed by atoms with Gasteiger partial charge in [0.25, 0.3) is 0 Å². The summed E-state index contributed by atoms with van der Waals surface area (Å²) >= 11 is 0. The molecule has 1 fully saturated rings. The molecule has 2 aromatic rings. The van der Waals surface area contributed by atoms with Gasteiger partial charge in [-0.2, -0.15) is 4.98 Å². The highest BCUT2D eigenvalue weighted by Crippen LogP contribution is 2.38. The molecule has 0 radical (unpaired) electrons. The van der Waals surface area contributed by atoms with Crippen LogP contribution in [0.15, 0.2) is 28.8 Å². The van der Waals surface area contributed by atoms with E-state index in [1.165, 1.54) is 19.3 Å². The van der Waals surface area contributed by atoms with Crippen molar-refractivity contribution in [3.05, 3.63) is 30.2 Å². The molecule has 1 saturated carbocycles. The van der Waals surface area contributed by atoms with Crippen LogP contribution in [0.2, 0.25) is 0 Å². The van der Waals surface area contributed by atoms with Gasteiger partial charge in [0.2, 0.25) is 11.7 Å². The fourth-order valence-electron chi connectivity index (χ4n) is 2.82. The Balaban J connectivity index is 1.93. The molecule has 0 bridgehead atoms. The summed E-state index contributed by atoms with van der Waals surface area (Å²) in [6.07, 6.45) is 6.03. The topological polar surface area (TPSA) is 64.9 Å². The molecule has 1 heterocycles. The van der Waals surface area contributed by atoms with E-state index >= 15 is 0 Å². The third-order valence-electron chi connectivity index (χ3n) is 4.10. The third-order valence-corrected chi connectivity index (χ3v) is 4.10. The monoisotopic (exact) mass is 257 g/mol. The van der Waals surface area contributed by atoms with Crippen LogP contribution in [0.5, 0.6) is 0 Å². The first-order valence-corrected chi connectivity index (χ1v) is 6.88. The molecule has 1 aliphatic rings. The standard InChI is InChI=1S/C15H19N3O/c1-15(9-5-2-6-10-15)14-17-13(18-19-14)11-7-3-4-8-12(11)16/h3-4,7-8H,2,5-6,9-10,16H2,1H3. The first-order chi connectivity index (χ1) is 9.19. The molecule has 2 N–H and O–H groups in total. The first kappa shape index (κ1) is 12.2.